The third kappa shape index (κ3) is 32.3. The van der Waals surface area contributed by atoms with Crippen molar-refractivity contribution in [3.05, 3.63) is 72.1 Å². The Hall–Kier alpha value is -11.1. The van der Waals surface area contributed by atoms with Gasteiger partial charge in [0.2, 0.25) is 88.6 Å². The van der Waals surface area contributed by atoms with Crippen LogP contribution in [0, 0.1) is 23.7 Å². The van der Waals surface area contributed by atoms with Crippen molar-refractivity contribution in [2.24, 2.45) is 63.1 Å². The minimum absolute atomic E-state index is 0.0216. The number of H-pyrrole nitrogens is 2. The molecule has 0 unspecified atom stereocenters. The first-order chi connectivity index (χ1) is 53.1. The topological polar surface area (TPSA) is 667 Å². The molecule has 2 aromatic carbocycles. The van der Waals surface area contributed by atoms with E-state index in [1.54, 1.807) is 88.6 Å². The fourth-order valence-electron chi connectivity index (χ4n) is 11.9. The summed E-state index contributed by atoms with van der Waals surface area (Å²) in [6.45, 7) is 12.1. The Morgan fingerprint density at radius 1 is 0.496 bits per heavy atom. The fourth-order valence-corrected chi connectivity index (χ4v) is 12.3. The van der Waals surface area contributed by atoms with E-state index >= 15 is 0 Å². The summed E-state index contributed by atoms with van der Waals surface area (Å²) in [7, 11) is -5.43. The second-order valence-corrected chi connectivity index (χ2v) is 29.9. The van der Waals surface area contributed by atoms with Gasteiger partial charge in [-0.15, -0.1) is 0 Å². The fraction of sp³-hybridized carbons (Fsp3) is 0.556. The molecule has 0 spiro atoms. The minimum atomic E-state index is -5.43. The minimum Gasteiger partial charge on any atom is -0.370 e. The predicted octanol–water partition coefficient (Wildman–Crippen LogP) is -3.77. The largest absolute Gasteiger partial charge is 0.469 e. The maximum Gasteiger partial charge on any atom is 0.469 e. The van der Waals surface area contributed by atoms with Crippen LogP contribution in [0.5, 0.6) is 0 Å². The summed E-state index contributed by atoms with van der Waals surface area (Å²) in [6, 6.07) is -2.64. The van der Waals surface area contributed by atoms with Gasteiger partial charge in [0.05, 0.1) is 19.6 Å². The smallest absolute Gasteiger partial charge is 0.370 e. The highest BCUT2D eigenvalue weighted by Crippen LogP contribution is 2.36. The Morgan fingerprint density at radius 2 is 0.938 bits per heavy atom. The zero-order chi connectivity index (χ0) is 84.6. The van der Waals surface area contributed by atoms with Crippen molar-refractivity contribution in [3.8, 4) is 0 Å². The lowest BCUT2D eigenvalue weighted by Crippen LogP contribution is -2.62. The van der Waals surface area contributed by atoms with Crippen molar-refractivity contribution < 1.29 is 90.8 Å². The monoisotopic (exact) mass is 1610 g/mol. The van der Waals surface area contributed by atoms with Gasteiger partial charge in [0.25, 0.3) is 0 Å². The number of aliphatic imine (C=N–C) groups is 1. The number of guanidine groups is 1. The molecule has 2 heterocycles. The van der Waals surface area contributed by atoms with Crippen LogP contribution in [0.3, 0.4) is 0 Å². The number of nitrogens with two attached hydrogens (primary N) is 6. The second-order valence-electron chi connectivity index (χ2n) is 28.6. The number of fused-ring (bicyclic) bond motifs is 2. The van der Waals surface area contributed by atoms with Crippen LogP contribution in [-0.4, -0.2) is 207 Å². The molecule has 41 heteroatoms. The summed E-state index contributed by atoms with van der Waals surface area (Å²) >= 11 is 0. The molecule has 0 aliphatic heterocycles. The van der Waals surface area contributed by atoms with Gasteiger partial charge in [0.15, 0.2) is 5.96 Å². The number of hydrogen-bond donors (Lipinski definition) is 22. The molecule has 113 heavy (non-hydrogen) atoms. The number of para-hydroxylation sites is 2. The van der Waals surface area contributed by atoms with Gasteiger partial charge in [-0.2, -0.15) is 0 Å². The third-order valence-electron chi connectivity index (χ3n) is 18.2. The van der Waals surface area contributed by atoms with Crippen molar-refractivity contribution in [3.63, 3.8) is 0 Å². The maximum absolute atomic E-state index is 14.8. The second kappa shape index (κ2) is 46.0. The molecule has 0 radical (unpaired) electrons. The number of hydrogen-bond acceptors (Lipinski definition) is 19. The van der Waals surface area contributed by atoms with Crippen molar-refractivity contribution in [1.29, 1.82) is 0 Å². The van der Waals surface area contributed by atoms with Gasteiger partial charge in [-0.05, 0) is 98.4 Å². The molecule has 0 aliphatic carbocycles. The van der Waals surface area contributed by atoms with E-state index in [1.807, 2.05) is 0 Å². The number of amides is 15. The molecule has 4 aromatic rings. The molecule has 0 saturated carbocycles. The first kappa shape index (κ1) is 94.3. The maximum atomic E-state index is 14.8. The number of phosphoric acid groups is 1. The predicted molar refractivity (Wildman–Crippen MR) is 415 cm³/mol. The Kier molecular flexibility index (Phi) is 38.4. The average Bonchev–Trinajstić information content (AvgIpc) is 1.68. The van der Waals surface area contributed by atoms with Gasteiger partial charge in [-0.1, -0.05) is 98.2 Å². The van der Waals surface area contributed by atoms with Gasteiger partial charge in [-0.3, -0.25) is 81.4 Å². The van der Waals surface area contributed by atoms with Crippen LogP contribution in [-0.2, 0) is 93.8 Å². The summed E-state index contributed by atoms with van der Waals surface area (Å²) < 4.78 is 16.8. The van der Waals surface area contributed by atoms with E-state index in [-0.39, 0.29) is 82.8 Å². The normalized spacial score (nSPS) is 14.6. The molecule has 28 N–H and O–H groups in total. The highest BCUT2D eigenvalue weighted by Gasteiger charge is 2.39. The van der Waals surface area contributed by atoms with Gasteiger partial charge in [-0.25, -0.2) is 4.57 Å². The number of carbonyl (C=O) groups excluding carboxylic acids is 15. The molecule has 2 aromatic heterocycles. The van der Waals surface area contributed by atoms with E-state index in [0.717, 1.165) is 0 Å². The highest BCUT2D eigenvalue weighted by molar-refractivity contribution is 7.46. The molecule has 0 bridgehead atoms. The van der Waals surface area contributed by atoms with Crippen molar-refractivity contribution in [1.82, 2.24) is 73.8 Å². The van der Waals surface area contributed by atoms with E-state index in [9.17, 15) is 86.3 Å². The summed E-state index contributed by atoms with van der Waals surface area (Å²) in [6.07, 6.45) is 2.56. The molecule has 0 aliphatic rings. The van der Waals surface area contributed by atoms with E-state index < -0.39 is 200 Å². The molecule has 0 saturated heterocycles. The van der Waals surface area contributed by atoms with Crippen LogP contribution < -0.4 is 98.2 Å². The van der Waals surface area contributed by atoms with Crippen LogP contribution in [0.2, 0.25) is 0 Å². The van der Waals surface area contributed by atoms with E-state index in [4.69, 9.17) is 34.4 Å². The molecule has 15 amide bonds. The van der Waals surface area contributed by atoms with Gasteiger partial charge >= 0.3 is 7.82 Å². The number of nitrogens with one attached hydrogen (secondary N) is 14. The summed E-state index contributed by atoms with van der Waals surface area (Å²) in [5.74, 6) is -17.1. The lowest BCUT2D eigenvalue weighted by atomic mass is 9.95. The molecular formula is C72H112N21O19P. The SMILES string of the molecule is CC[C@H](C)[C@H](NC(=O)[C@H](Cc1c[nH]c2ccccc12)NC(=O)[C@H](CCCCN)NC(=O)CNC(=O)[C@H](CC(N)=O)NC(=O)[C@@H](NC(=O)[C@H](COP(=O)(O)O)NC(=O)[C@@H](NC(=O)[C@H](Cc1c[nH]c2ccccc12)NC(=O)[C@H](CCCN=C(N)N)NC(C)=O)C(C)C)C(C)C)C(=O)N[C@@H](CC(C)C)C(=O)N[C@@H](CCC(N)=O)C(N)=O. The Bertz CT molecular complexity index is 4060. The van der Waals surface area contributed by atoms with Crippen LogP contribution in [0.25, 0.3) is 21.8 Å². The number of phosphoric ester groups is 1. The molecule has 4 rings (SSSR count). The van der Waals surface area contributed by atoms with Crippen LogP contribution >= 0.6 is 7.82 Å². The first-order valence-electron chi connectivity index (χ1n) is 37.1. The number of aromatic amines is 2. The van der Waals surface area contributed by atoms with Crippen molar-refractivity contribution in [2.45, 2.75) is 206 Å². The number of aromatic nitrogens is 2. The Labute approximate surface area is 653 Å². The van der Waals surface area contributed by atoms with E-state index in [2.05, 4.69) is 83.3 Å². The van der Waals surface area contributed by atoms with Gasteiger partial charge in [0.1, 0.15) is 66.5 Å². The van der Waals surface area contributed by atoms with E-state index in [0.29, 0.717) is 45.8 Å². The summed E-state index contributed by atoms with van der Waals surface area (Å²) in [5.41, 5.74) is 35.5. The molecule has 0 fully saturated rings. The quantitative estimate of drug-likeness (QED) is 0.00873. The summed E-state index contributed by atoms with van der Waals surface area (Å²) in [5, 5.41) is 31.6. The van der Waals surface area contributed by atoms with Gasteiger partial charge < -0.3 is 118 Å². The number of nitrogens with zero attached hydrogens (tertiary/aromatic N) is 1. The first-order valence-corrected chi connectivity index (χ1v) is 38.7. The number of primary amides is 3. The van der Waals surface area contributed by atoms with Crippen LogP contribution in [0.15, 0.2) is 65.9 Å². The number of carbonyl (C=O) groups is 15. The van der Waals surface area contributed by atoms with Crippen LogP contribution in [0.1, 0.15) is 138 Å². The zero-order valence-corrected chi connectivity index (χ0v) is 65.8. The number of benzene rings is 2. The Balaban J connectivity index is 1.58. The molecule has 12 atom stereocenters. The van der Waals surface area contributed by atoms with Crippen molar-refractivity contribution >= 4 is 124 Å². The summed E-state index contributed by atoms with van der Waals surface area (Å²) in [4.78, 5) is 236. The third-order valence-corrected chi connectivity index (χ3v) is 18.7. The number of rotatable bonds is 50. The lowest BCUT2D eigenvalue weighted by Gasteiger charge is -2.30. The lowest BCUT2D eigenvalue weighted by molar-refractivity contribution is -0.137. The highest BCUT2D eigenvalue weighted by atomic mass is 31.2. The average molecular weight is 1610 g/mol. The molecular weight excluding hydrogens is 1490 g/mol. The zero-order valence-electron chi connectivity index (χ0n) is 64.9. The number of unbranched alkanes of at least 4 members (excludes halogenated alkanes) is 1. The van der Waals surface area contributed by atoms with E-state index in [1.165, 1.54) is 34.6 Å². The molecule has 624 valence electrons. The van der Waals surface area contributed by atoms with Crippen molar-refractivity contribution in [2.75, 3.05) is 26.2 Å². The van der Waals surface area contributed by atoms with Gasteiger partial charge in [0, 0.05) is 66.9 Å². The Morgan fingerprint density at radius 3 is 1.40 bits per heavy atom. The van der Waals surface area contributed by atoms with Crippen LogP contribution in [0.4, 0.5) is 0 Å². The standard InChI is InChI=1S/C72H112N21O19P/c1-10-39(8)60(71(108)88-50(28-36(2)3)65(102)85-47(61(76)98)24-25-55(74)95)93-67(104)52(30-42-33-81-46-21-14-12-19-44(42)46)87-64(101)49(22-15-16-26-73)84-57(97)34-82-62(99)53(31-56(75)96)89-69(106)58(37(4)5)92-68(105)54(35-112-113(109,110)111)90-70(107)59(38(6)7)91-66(103)51(29-41-32-80-45-20-13-11-18-43(41)45)86-63(100)48(83-40(9)94)23-17-27-79-72(77)78/h11-14,18-21,32-33,36-39,47-54,58-60,80-81H,10,15-17,22-31,34-35,73H2,1-9H3,(H2,74,95)(H2,75,96)(H2,76,98)(H,82,99)(H,83,94)(H,84,97)(H,85,102)(H,86,100)(H,87,101)(H,88,108)(H,89,106)(H,90,107)(H,91,103)(H,92,105)(H,93,104)(H4,77,78,79)(H2,109,110,111)/t39-,47-,48-,49-,50-,51-,52-,53-,54-,58-,59-,60-/m0/s1. The molecule has 40 nitrogen and oxygen atoms in total.